The van der Waals surface area contributed by atoms with Gasteiger partial charge >= 0.3 is 0 Å². The number of hydrogen-bond acceptors (Lipinski definition) is 3. The molecule has 1 aliphatic heterocycles. The minimum atomic E-state index is 0. The fourth-order valence-corrected chi connectivity index (χ4v) is 4.20. The van der Waals surface area contributed by atoms with Gasteiger partial charge in [-0.1, -0.05) is 19.3 Å². The number of halogens is 2. The second kappa shape index (κ2) is 10.3. The van der Waals surface area contributed by atoms with Crippen molar-refractivity contribution in [2.24, 2.45) is 5.92 Å². The number of aromatic nitrogens is 2. The van der Waals surface area contributed by atoms with Crippen LogP contribution in [0.1, 0.15) is 63.1 Å². The van der Waals surface area contributed by atoms with Crippen molar-refractivity contribution in [2.75, 3.05) is 18.4 Å². The van der Waals surface area contributed by atoms with Crippen LogP contribution < -0.4 is 10.6 Å². The van der Waals surface area contributed by atoms with Crippen LogP contribution in [0.15, 0.2) is 18.2 Å². The first-order valence-electron chi connectivity index (χ1n) is 9.78. The molecule has 3 N–H and O–H groups in total. The van der Waals surface area contributed by atoms with Crippen LogP contribution in [0.4, 0.5) is 5.69 Å². The van der Waals surface area contributed by atoms with E-state index >= 15 is 0 Å². The molecule has 7 heteroatoms. The van der Waals surface area contributed by atoms with E-state index in [9.17, 15) is 4.79 Å². The summed E-state index contributed by atoms with van der Waals surface area (Å²) in [7, 11) is 0. The summed E-state index contributed by atoms with van der Waals surface area (Å²) in [6.45, 7) is 2.14. The van der Waals surface area contributed by atoms with E-state index in [0.29, 0.717) is 18.3 Å². The minimum absolute atomic E-state index is 0. The number of nitrogens with zero attached hydrogens (tertiary/aromatic N) is 1. The Balaban J connectivity index is 0.00000131. The van der Waals surface area contributed by atoms with Gasteiger partial charge in [0, 0.05) is 18.0 Å². The number of anilines is 1. The summed E-state index contributed by atoms with van der Waals surface area (Å²) in [6.07, 6.45) is 9.19. The van der Waals surface area contributed by atoms with Crippen molar-refractivity contribution in [3.8, 4) is 0 Å². The molecule has 1 saturated carbocycles. The molecule has 1 aliphatic carbocycles. The van der Waals surface area contributed by atoms with E-state index < -0.39 is 0 Å². The second-order valence-corrected chi connectivity index (χ2v) is 7.63. The van der Waals surface area contributed by atoms with Crippen LogP contribution in [0.2, 0.25) is 0 Å². The predicted octanol–water partition coefficient (Wildman–Crippen LogP) is 4.78. The molecule has 2 fully saturated rings. The molecule has 5 nitrogen and oxygen atoms in total. The molecule has 1 aromatic heterocycles. The maximum atomic E-state index is 12.2. The first-order valence-corrected chi connectivity index (χ1v) is 9.78. The number of H-pyrrole nitrogens is 1. The summed E-state index contributed by atoms with van der Waals surface area (Å²) >= 11 is 0. The van der Waals surface area contributed by atoms with E-state index in [1.807, 2.05) is 18.2 Å². The molecular formula is C20H30Cl2N4O. The highest BCUT2D eigenvalue weighted by Gasteiger charge is 2.19. The second-order valence-electron chi connectivity index (χ2n) is 7.63. The maximum Gasteiger partial charge on any atom is 0.224 e. The lowest BCUT2D eigenvalue weighted by Gasteiger charge is -2.18. The quantitative estimate of drug-likeness (QED) is 0.661. The molecule has 150 valence electrons. The topological polar surface area (TPSA) is 69.8 Å². The van der Waals surface area contributed by atoms with Gasteiger partial charge in [-0.25, -0.2) is 4.98 Å². The normalized spacial score (nSPS) is 20.1. The number of carbonyl (C=O) groups excluding carboxylic acids is 1. The summed E-state index contributed by atoms with van der Waals surface area (Å²) < 4.78 is 0. The number of benzene rings is 1. The third-order valence-corrected chi connectivity index (χ3v) is 5.72. The van der Waals surface area contributed by atoms with Crippen LogP contribution in [0.25, 0.3) is 11.0 Å². The largest absolute Gasteiger partial charge is 0.342 e. The van der Waals surface area contributed by atoms with Gasteiger partial charge < -0.3 is 15.6 Å². The molecule has 2 aromatic rings. The lowest BCUT2D eigenvalue weighted by atomic mass is 9.89. The number of imidazole rings is 1. The van der Waals surface area contributed by atoms with Gasteiger partial charge in [0.05, 0.1) is 11.0 Å². The van der Waals surface area contributed by atoms with Crippen LogP contribution >= 0.6 is 24.8 Å². The van der Waals surface area contributed by atoms with Gasteiger partial charge in [0.15, 0.2) is 0 Å². The van der Waals surface area contributed by atoms with E-state index in [0.717, 1.165) is 42.1 Å². The smallest absolute Gasteiger partial charge is 0.224 e. The highest BCUT2D eigenvalue weighted by molar-refractivity contribution is 5.93. The first kappa shape index (κ1) is 22.0. The lowest BCUT2D eigenvalue weighted by molar-refractivity contribution is -0.116. The van der Waals surface area contributed by atoms with Crippen molar-refractivity contribution < 1.29 is 4.79 Å². The van der Waals surface area contributed by atoms with Crippen molar-refractivity contribution in [3.05, 3.63) is 24.0 Å². The average molecular weight is 413 g/mol. The zero-order valence-electron chi connectivity index (χ0n) is 15.6. The molecule has 1 saturated heterocycles. The van der Waals surface area contributed by atoms with E-state index in [-0.39, 0.29) is 30.7 Å². The van der Waals surface area contributed by atoms with Crippen LogP contribution in [0.3, 0.4) is 0 Å². The standard InChI is InChI=1S/C20H28N4O.2ClH/c25-19(9-6-14-10-11-21-13-14)22-16-7-8-17-18(12-16)24-20(23-17)15-4-2-1-3-5-15;;/h7-8,12,14-15,21H,1-6,9-11,13H2,(H,22,25)(H,23,24);2*1H. The molecule has 4 rings (SSSR count). The predicted molar refractivity (Wildman–Crippen MR) is 115 cm³/mol. The highest BCUT2D eigenvalue weighted by Crippen LogP contribution is 2.32. The number of amides is 1. The fraction of sp³-hybridized carbons (Fsp3) is 0.600. The number of hydrogen-bond donors (Lipinski definition) is 3. The first-order chi connectivity index (χ1) is 12.3. The van der Waals surface area contributed by atoms with Gasteiger partial charge in [0.2, 0.25) is 5.91 Å². The Morgan fingerprint density at radius 1 is 1.15 bits per heavy atom. The van der Waals surface area contributed by atoms with Crippen molar-refractivity contribution in [1.82, 2.24) is 15.3 Å². The van der Waals surface area contributed by atoms with Crippen molar-refractivity contribution in [1.29, 1.82) is 0 Å². The van der Waals surface area contributed by atoms with E-state index in [4.69, 9.17) is 4.98 Å². The lowest BCUT2D eigenvalue weighted by Crippen LogP contribution is -2.14. The molecule has 1 atom stereocenters. The molecule has 1 amide bonds. The Hall–Kier alpha value is -1.30. The van der Waals surface area contributed by atoms with Crippen LogP contribution in [0.5, 0.6) is 0 Å². The molecule has 2 aliphatic rings. The van der Waals surface area contributed by atoms with Crippen LogP contribution in [0, 0.1) is 5.92 Å². The molecule has 0 spiro atoms. The highest BCUT2D eigenvalue weighted by atomic mass is 35.5. The SMILES string of the molecule is Cl.Cl.O=C(CCC1CCNC1)Nc1ccc2nc(C3CCCCC3)[nH]c2c1. The number of nitrogens with one attached hydrogen (secondary N) is 3. The molecule has 27 heavy (non-hydrogen) atoms. The number of fused-ring (bicyclic) bond motifs is 1. The zero-order chi connectivity index (χ0) is 17.1. The number of aromatic amines is 1. The minimum Gasteiger partial charge on any atom is -0.342 e. The zero-order valence-corrected chi connectivity index (χ0v) is 17.3. The Morgan fingerprint density at radius 2 is 1.96 bits per heavy atom. The molecule has 0 bridgehead atoms. The van der Waals surface area contributed by atoms with Crippen LogP contribution in [-0.2, 0) is 4.79 Å². The van der Waals surface area contributed by atoms with Gasteiger partial charge in [0.1, 0.15) is 5.82 Å². The summed E-state index contributed by atoms with van der Waals surface area (Å²) in [5.41, 5.74) is 2.88. The summed E-state index contributed by atoms with van der Waals surface area (Å²) in [5.74, 6) is 2.45. The molecule has 1 unspecified atom stereocenters. The van der Waals surface area contributed by atoms with Gasteiger partial charge in [0.25, 0.3) is 0 Å². The monoisotopic (exact) mass is 412 g/mol. The van der Waals surface area contributed by atoms with Gasteiger partial charge in [-0.05, 0) is 62.9 Å². The third-order valence-electron chi connectivity index (χ3n) is 5.72. The summed E-state index contributed by atoms with van der Waals surface area (Å²) in [6, 6.07) is 5.99. The van der Waals surface area contributed by atoms with Crippen molar-refractivity contribution in [2.45, 2.75) is 57.3 Å². The van der Waals surface area contributed by atoms with Crippen molar-refractivity contribution in [3.63, 3.8) is 0 Å². The maximum absolute atomic E-state index is 12.2. The van der Waals surface area contributed by atoms with Crippen molar-refractivity contribution >= 4 is 47.4 Å². The Morgan fingerprint density at radius 3 is 2.70 bits per heavy atom. The van der Waals surface area contributed by atoms with E-state index in [1.54, 1.807) is 0 Å². The molecule has 1 aromatic carbocycles. The molecule has 2 heterocycles. The molecule has 0 radical (unpaired) electrons. The Labute approximate surface area is 173 Å². The van der Waals surface area contributed by atoms with Gasteiger partial charge in [-0.15, -0.1) is 24.8 Å². The Kier molecular flexibility index (Phi) is 8.39. The summed E-state index contributed by atoms with van der Waals surface area (Å²) in [5, 5.41) is 6.39. The number of carbonyl (C=O) groups is 1. The Bertz CT molecular complexity index is 737. The third kappa shape index (κ3) is 5.59. The fourth-order valence-electron chi connectivity index (χ4n) is 4.20. The van der Waals surface area contributed by atoms with Gasteiger partial charge in [-0.2, -0.15) is 0 Å². The van der Waals surface area contributed by atoms with Gasteiger partial charge in [-0.3, -0.25) is 4.79 Å². The van der Waals surface area contributed by atoms with E-state index in [1.165, 1.54) is 38.5 Å². The molecular weight excluding hydrogens is 383 g/mol. The van der Waals surface area contributed by atoms with E-state index in [2.05, 4.69) is 15.6 Å². The summed E-state index contributed by atoms with van der Waals surface area (Å²) in [4.78, 5) is 20.5. The average Bonchev–Trinajstić information content (AvgIpc) is 3.30. The number of rotatable bonds is 5. The van der Waals surface area contributed by atoms with Crippen LogP contribution in [-0.4, -0.2) is 29.0 Å².